The van der Waals surface area contributed by atoms with Gasteiger partial charge >= 0.3 is 0 Å². The fraction of sp³-hybridized carbons (Fsp3) is 0.400. The predicted molar refractivity (Wildman–Crippen MR) is 175 cm³/mol. The van der Waals surface area contributed by atoms with Gasteiger partial charge in [-0.05, 0) is 81.2 Å². The van der Waals surface area contributed by atoms with E-state index in [0.29, 0.717) is 47.4 Å². The average molecular weight is 703 g/mol. The van der Waals surface area contributed by atoms with Gasteiger partial charge in [0.2, 0.25) is 11.9 Å². The number of rotatable bonds is 5. The topological polar surface area (TPSA) is 84.5 Å². The first kappa shape index (κ1) is 29.1. The molecule has 0 saturated carbocycles. The van der Waals surface area contributed by atoms with Crippen molar-refractivity contribution in [2.75, 3.05) is 50.1 Å². The molecule has 0 aliphatic carbocycles. The number of aromatic nitrogens is 4. The van der Waals surface area contributed by atoms with Crippen molar-refractivity contribution in [3.63, 3.8) is 0 Å². The van der Waals surface area contributed by atoms with Gasteiger partial charge in [0.15, 0.2) is 5.82 Å². The summed E-state index contributed by atoms with van der Waals surface area (Å²) >= 11 is 9.12. The SMILES string of the molecule is C=CC(=O)N1C[C@H](C)N(c2nc(N3CC(N(C)C)C3)nc3c(F)c(-c4c(C)ccc5[nH]nc(I)c45)c(Cl)cc23)C[C@H]1C. The lowest BCUT2D eigenvalue weighted by Gasteiger charge is -2.45. The molecule has 2 aliphatic rings. The number of aryl methyl sites for hydroxylation is 1. The van der Waals surface area contributed by atoms with Crippen molar-refractivity contribution < 1.29 is 9.18 Å². The van der Waals surface area contributed by atoms with E-state index in [1.807, 2.05) is 37.8 Å². The summed E-state index contributed by atoms with van der Waals surface area (Å²) in [5.41, 5.74) is 2.93. The molecule has 220 valence electrons. The maximum Gasteiger partial charge on any atom is 0.246 e. The van der Waals surface area contributed by atoms with Gasteiger partial charge in [-0.25, -0.2) is 9.37 Å². The van der Waals surface area contributed by atoms with Crippen LogP contribution in [0.2, 0.25) is 5.02 Å². The molecule has 2 atom stereocenters. The van der Waals surface area contributed by atoms with Crippen LogP contribution in [0.25, 0.3) is 32.9 Å². The fourth-order valence-electron chi connectivity index (χ4n) is 6.05. The number of H-pyrrole nitrogens is 1. The van der Waals surface area contributed by atoms with Gasteiger partial charge in [0, 0.05) is 66.2 Å². The molecule has 0 unspecified atom stereocenters. The molecular formula is C30H33ClFIN8O. The van der Waals surface area contributed by atoms with Crippen LogP contribution in [0.15, 0.2) is 30.9 Å². The predicted octanol–water partition coefficient (Wildman–Crippen LogP) is 5.24. The van der Waals surface area contributed by atoms with Crippen molar-refractivity contribution in [1.82, 2.24) is 30.0 Å². The summed E-state index contributed by atoms with van der Waals surface area (Å²) in [4.78, 5) is 30.6. The Balaban J connectivity index is 1.55. The number of hydrogen-bond acceptors (Lipinski definition) is 7. The van der Waals surface area contributed by atoms with E-state index < -0.39 is 5.82 Å². The first-order valence-corrected chi connectivity index (χ1v) is 15.4. The smallest absolute Gasteiger partial charge is 0.246 e. The molecule has 0 bridgehead atoms. The number of likely N-dealkylation sites (N-methyl/N-ethyl adjacent to an activating group) is 1. The normalized spacial score (nSPS) is 19.7. The summed E-state index contributed by atoms with van der Waals surface area (Å²) in [6.45, 7) is 12.2. The highest BCUT2D eigenvalue weighted by molar-refractivity contribution is 14.1. The van der Waals surface area contributed by atoms with Gasteiger partial charge in [-0.15, -0.1) is 0 Å². The van der Waals surface area contributed by atoms with Crippen LogP contribution in [-0.2, 0) is 4.79 Å². The zero-order valence-corrected chi connectivity index (χ0v) is 27.2. The summed E-state index contributed by atoms with van der Waals surface area (Å²) in [6, 6.07) is 5.87. The quantitative estimate of drug-likeness (QED) is 0.225. The molecule has 2 aromatic carbocycles. The van der Waals surface area contributed by atoms with Gasteiger partial charge in [-0.2, -0.15) is 10.1 Å². The van der Waals surface area contributed by atoms with Crippen molar-refractivity contribution in [3.05, 3.63) is 51.0 Å². The van der Waals surface area contributed by atoms with Gasteiger partial charge in [0.05, 0.1) is 10.5 Å². The number of amides is 1. The number of nitrogens with one attached hydrogen (secondary N) is 1. The Hall–Kier alpha value is -3.03. The van der Waals surface area contributed by atoms with Gasteiger partial charge < -0.3 is 19.6 Å². The number of fused-ring (bicyclic) bond motifs is 2. The van der Waals surface area contributed by atoms with E-state index in [1.165, 1.54) is 6.08 Å². The van der Waals surface area contributed by atoms with E-state index in [9.17, 15) is 4.79 Å². The maximum absolute atomic E-state index is 16.9. The van der Waals surface area contributed by atoms with Crippen LogP contribution < -0.4 is 9.80 Å². The molecule has 2 saturated heterocycles. The maximum atomic E-state index is 16.9. The summed E-state index contributed by atoms with van der Waals surface area (Å²) in [6.07, 6.45) is 1.35. The van der Waals surface area contributed by atoms with E-state index >= 15 is 4.39 Å². The number of benzene rings is 2. The largest absolute Gasteiger partial charge is 0.349 e. The van der Waals surface area contributed by atoms with E-state index in [-0.39, 0.29) is 28.5 Å². The van der Waals surface area contributed by atoms with Crippen LogP contribution in [0.5, 0.6) is 0 Å². The number of carbonyl (C=O) groups excluding carboxylic acids is 1. The minimum atomic E-state index is -0.485. The molecule has 0 spiro atoms. The molecule has 2 fully saturated rings. The second-order valence-corrected chi connectivity index (χ2v) is 13.0. The Morgan fingerprint density at radius 2 is 1.90 bits per heavy atom. The van der Waals surface area contributed by atoms with Crippen LogP contribution in [0, 0.1) is 16.4 Å². The zero-order chi connectivity index (χ0) is 30.0. The Morgan fingerprint density at radius 1 is 1.17 bits per heavy atom. The molecule has 12 heteroatoms. The number of nitrogens with zero attached hydrogens (tertiary/aromatic N) is 7. The van der Waals surface area contributed by atoms with Crippen molar-refractivity contribution in [1.29, 1.82) is 0 Å². The highest BCUT2D eigenvalue weighted by atomic mass is 127. The summed E-state index contributed by atoms with van der Waals surface area (Å²) in [7, 11) is 4.10. The van der Waals surface area contributed by atoms with Crippen molar-refractivity contribution in [3.8, 4) is 11.1 Å². The van der Waals surface area contributed by atoms with Crippen LogP contribution in [-0.4, -0.2) is 94.3 Å². The molecule has 1 N–H and O–H groups in total. The fourth-order valence-corrected chi connectivity index (χ4v) is 7.02. The van der Waals surface area contributed by atoms with Crippen molar-refractivity contribution >= 4 is 73.7 Å². The van der Waals surface area contributed by atoms with E-state index in [1.54, 1.807) is 6.07 Å². The second kappa shape index (κ2) is 10.9. The molecule has 0 radical (unpaired) electrons. The molecule has 1 amide bonds. The molecule has 2 aromatic heterocycles. The minimum absolute atomic E-state index is 0.0769. The highest BCUT2D eigenvalue weighted by Gasteiger charge is 2.36. The molecule has 42 heavy (non-hydrogen) atoms. The van der Waals surface area contributed by atoms with Gasteiger partial charge in [-0.1, -0.05) is 24.2 Å². The lowest BCUT2D eigenvalue weighted by molar-refractivity contribution is -0.128. The number of hydrogen-bond donors (Lipinski definition) is 1. The number of carbonyl (C=O) groups is 1. The molecule has 4 heterocycles. The van der Waals surface area contributed by atoms with E-state index in [0.717, 1.165) is 33.3 Å². The lowest BCUT2D eigenvalue weighted by Crippen LogP contribution is -2.59. The molecule has 6 rings (SSSR count). The van der Waals surface area contributed by atoms with E-state index in [4.69, 9.17) is 21.6 Å². The summed E-state index contributed by atoms with van der Waals surface area (Å²) in [5.74, 6) is 0.518. The van der Waals surface area contributed by atoms with Crippen LogP contribution >= 0.6 is 34.2 Å². The first-order chi connectivity index (χ1) is 20.0. The van der Waals surface area contributed by atoms with Crippen molar-refractivity contribution in [2.24, 2.45) is 0 Å². The third-order valence-electron chi connectivity index (χ3n) is 8.59. The van der Waals surface area contributed by atoms with Crippen LogP contribution in [0.3, 0.4) is 0 Å². The van der Waals surface area contributed by atoms with Crippen LogP contribution in [0.1, 0.15) is 19.4 Å². The summed E-state index contributed by atoms with van der Waals surface area (Å²) in [5, 5.41) is 9.04. The zero-order valence-electron chi connectivity index (χ0n) is 24.2. The first-order valence-electron chi connectivity index (χ1n) is 13.9. The van der Waals surface area contributed by atoms with Crippen molar-refractivity contribution in [2.45, 2.75) is 38.9 Å². The number of anilines is 2. The molecular weight excluding hydrogens is 670 g/mol. The second-order valence-electron chi connectivity index (χ2n) is 11.6. The minimum Gasteiger partial charge on any atom is -0.349 e. The number of halogens is 3. The lowest BCUT2D eigenvalue weighted by atomic mass is 9.95. The van der Waals surface area contributed by atoms with E-state index in [2.05, 4.69) is 68.2 Å². The third kappa shape index (κ3) is 4.69. The molecule has 2 aliphatic heterocycles. The average Bonchev–Trinajstić information content (AvgIpc) is 3.30. The number of piperazine rings is 1. The van der Waals surface area contributed by atoms with Gasteiger partial charge in [0.25, 0.3) is 0 Å². The molecule has 4 aromatic rings. The standard InChI is InChI=1S/C30H33ClFIN8O/c1-7-22(42)40-11-17(4)41(12-16(40)3)29-19-10-20(31)24(23-15(2)8-9-21-25(23)28(33)37-36-21)26(32)27(19)34-30(35-29)39-13-18(14-39)38(5)6/h7-10,16-18H,1,11-14H2,2-6H3,(H,36,37)/t16-,17+/m1/s1. The summed E-state index contributed by atoms with van der Waals surface area (Å²) < 4.78 is 17.7. The van der Waals surface area contributed by atoms with Gasteiger partial charge in [-0.3, -0.25) is 9.89 Å². The van der Waals surface area contributed by atoms with Crippen LogP contribution in [0.4, 0.5) is 16.2 Å². The highest BCUT2D eigenvalue weighted by Crippen LogP contribution is 2.44. The Morgan fingerprint density at radius 3 is 2.60 bits per heavy atom. The third-order valence-corrected chi connectivity index (χ3v) is 9.67. The Kier molecular flexibility index (Phi) is 7.55. The monoisotopic (exact) mass is 702 g/mol. The Bertz CT molecular complexity index is 1740. The number of aromatic amines is 1. The molecule has 9 nitrogen and oxygen atoms in total. The Labute approximate surface area is 262 Å². The van der Waals surface area contributed by atoms with Gasteiger partial charge in [0.1, 0.15) is 15.0 Å².